The first-order chi connectivity index (χ1) is 11.2. The molecule has 0 atom stereocenters. The molecule has 130 valence electrons. The van der Waals surface area contributed by atoms with Gasteiger partial charge in [0.25, 0.3) is 0 Å². The van der Waals surface area contributed by atoms with Crippen molar-refractivity contribution in [3.05, 3.63) is 28.8 Å². The number of ketones is 2. The molecule has 5 nitrogen and oxygen atoms in total. The number of ether oxygens (including phenoxy) is 1. The Morgan fingerprint density at radius 1 is 1.08 bits per heavy atom. The van der Waals surface area contributed by atoms with E-state index in [-0.39, 0.29) is 34.0 Å². The van der Waals surface area contributed by atoms with E-state index in [1.807, 2.05) is 0 Å². The van der Waals surface area contributed by atoms with Gasteiger partial charge in [-0.15, -0.1) is 0 Å². The van der Waals surface area contributed by atoms with Gasteiger partial charge in [-0.1, -0.05) is 45.4 Å². The molecule has 24 heavy (non-hydrogen) atoms. The van der Waals surface area contributed by atoms with Crippen LogP contribution in [0.4, 0.5) is 5.69 Å². The summed E-state index contributed by atoms with van der Waals surface area (Å²) < 4.78 is 4.65. The number of esters is 1. The van der Waals surface area contributed by atoms with Crippen molar-refractivity contribution in [1.29, 1.82) is 0 Å². The summed E-state index contributed by atoms with van der Waals surface area (Å²) in [5.74, 6) is -2.48. The minimum atomic E-state index is -0.928. The average molecular weight is 352 g/mol. The van der Waals surface area contributed by atoms with E-state index in [9.17, 15) is 14.4 Å². The van der Waals surface area contributed by atoms with Crippen LogP contribution in [-0.4, -0.2) is 30.9 Å². The maximum Gasteiger partial charge on any atom is 0.339 e. The molecule has 1 aromatic rings. The summed E-state index contributed by atoms with van der Waals surface area (Å²) in [7, 11) is 1.26. The largest absolute Gasteiger partial charge is 0.465 e. The van der Waals surface area contributed by atoms with E-state index in [1.54, 1.807) is 39.8 Å². The van der Waals surface area contributed by atoms with Crippen molar-refractivity contribution in [3.8, 4) is 0 Å². The van der Waals surface area contributed by atoms with Gasteiger partial charge in [-0.05, 0) is 12.1 Å². The second kappa shape index (κ2) is 8.73. The van der Waals surface area contributed by atoms with Gasteiger partial charge in [0, 0.05) is 18.1 Å². The highest BCUT2D eigenvalue weighted by Crippen LogP contribution is 2.29. The molecule has 0 fully saturated rings. The van der Waals surface area contributed by atoms with E-state index in [0.29, 0.717) is 5.69 Å². The van der Waals surface area contributed by atoms with Crippen molar-refractivity contribution < 1.29 is 19.1 Å². The zero-order chi connectivity index (χ0) is 18.4. The van der Waals surface area contributed by atoms with Crippen LogP contribution in [0, 0.1) is 17.8 Å². The van der Waals surface area contributed by atoms with Gasteiger partial charge in [0.05, 0.1) is 23.4 Å². The van der Waals surface area contributed by atoms with Crippen molar-refractivity contribution in [2.75, 3.05) is 7.11 Å². The van der Waals surface area contributed by atoms with Crippen LogP contribution in [0.5, 0.6) is 0 Å². The van der Waals surface area contributed by atoms with Crippen LogP contribution in [0.2, 0.25) is 5.02 Å². The van der Waals surface area contributed by atoms with Crippen LogP contribution in [0.15, 0.2) is 23.2 Å². The molecule has 0 radical (unpaired) electrons. The van der Waals surface area contributed by atoms with E-state index < -0.39 is 11.9 Å². The van der Waals surface area contributed by atoms with Gasteiger partial charge < -0.3 is 4.74 Å². The van der Waals surface area contributed by atoms with Crippen molar-refractivity contribution in [3.63, 3.8) is 0 Å². The molecule has 1 rings (SSSR count). The Balaban J connectivity index is 3.22. The number of hydrogen-bond acceptors (Lipinski definition) is 5. The van der Waals surface area contributed by atoms with Crippen LogP contribution in [0.1, 0.15) is 38.1 Å². The predicted molar refractivity (Wildman–Crippen MR) is 94.1 cm³/mol. The highest BCUT2D eigenvalue weighted by Gasteiger charge is 2.28. The van der Waals surface area contributed by atoms with E-state index in [1.165, 1.54) is 19.4 Å². The molecule has 0 heterocycles. The molecular weight excluding hydrogens is 330 g/mol. The summed E-state index contributed by atoms with van der Waals surface area (Å²) in [4.78, 5) is 40.4. The normalized spacial score (nSPS) is 11.5. The molecule has 0 aliphatic rings. The first kappa shape index (κ1) is 20.0. The molecule has 0 spiro atoms. The third kappa shape index (κ3) is 4.74. The van der Waals surface area contributed by atoms with Gasteiger partial charge in [0.15, 0.2) is 11.6 Å². The number of carbonyl (C=O) groups excluding carboxylic acids is 3. The maximum atomic E-state index is 12.3. The molecule has 0 aliphatic carbocycles. The number of Topliss-reactive ketones (excluding diaryl/α,β-unsaturated/α-hetero) is 2. The summed E-state index contributed by atoms with van der Waals surface area (Å²) in [6.45, 7) is 6.95. The van der Waals surface area contributed by atoms with Gasteiger partial charge in [-0.2, -0.15) is 0 Å². The van der Waals surface area contributed by atoms with Crippen LogP contribution in [-0.2, 0) is 14.3 Å². The molecule has 0 amide bonds. The summed E-state index contributed by atoms with van der Waals surface area (Å²) in [5.41, 5.74) is 0.480. The predicted octanol–water partition coefficient (Wildman–Crippen LogP) is 3.90. The number of carbonyl (C=O) groups is 3. The summed E-state index contributed by atoms with van der Waals surface area (Å²) in [5, 5.41) is 0.119. The number of methoxy groups -OCH3 is 1. The van der Waals surface area contributed by atoms with Gasteiger partial charge in [-0.3, -0.25) is 14.6 Å². The monoisotopic (exact) mass is 351 g/mol. The molecule has 0 aromatic heterocycles. The quantitative estimate of drug-likeness (QED) is 0.424. The van der Waals surface area contributed by atoms with Crippen LogP contribution < -0.4 is 0 Å². The zero-order valence-corrected chi connectivity index (χ0v) is 15.3. The second-order valence-corrected chi connectivity index (χ2v) is 6.38. The van der Waals surface area contributed by atoms with E-state index in [2.05, 4.69) is 9.73 Å². The molecule has 0 aliphatic heterocycles. The highest BCUT2D eigenvalue weighted by atomic mass is 35.5. The lowest BCUT2D eigenvalue weighted by molar-refractivity contribution is -0.133. The Bertz CT molecular complexity index is 645. The lowest BCUT2D eigenvalue weighted by Gasteiger charge is -2.15. The molecule has 0 unspecified atom stereocenters. The minimum Gasteiger partial charge on any atom is -0.465 e. The molecule has 6 heteroatoms. The lowest BCUT2D eigenvalue weighted by Crippen LogP contribution is -2.31. The van der Waals surface area contributed by atoms with Gasteiger partial charge in [0.1, 0.15) is 5.92 Å². The van der Waals surface area contributed by atoms with Crippen molar-refractivity contribution >= 4 is 41.0 Å². The maximum absolute atomic E-state index is 12.3. The van der Waals surface area contributed by atoms with E-state index in [0.717, 1.165) is 0 Å². The molecule has 0 bridgehead atoms. The average Bonchev–Trinajstić information content (AvgIpc) is 2.54. The zero-order valence-electron chi connectivity index (χ0n) is 14.5. The molecule has 1 aromatic carbocycles. The number of benzene rings is 1. The third-order valence-corrected chi connectivity index (χ3v) is 3.89. The van der Waals surface area contributed by atoms with Gasteiger partial charge in [-0.25, -0.2) is 4.79 Å². The second-order valence-electron chi connectivity index (χ2n) is 6.00. The van der Waals surface area contributed by atoms with Crippen LogP contribution >= 0.6 is 11.6 Å². The number of nitrogens with zero attached hydrogens (tertiary/aromatic N) is 1. The Morgan fingerprint density at radius 2 is 1.62 bits per heavy atom. The summed E-state index contributed by atoms with van der Waals surface area (Å²) in [6, 6.07) is 4.72. The summed E-state index contributed by atoms with van der Waals surface area (Å²) in [6.07, 6.45) is 1.31. The number of aliphatic imine (C=N–C) groups is 1. The first-order valence-electron chi connectivity index (χ1n) is 7.69. The molecule has 0 saturated carbocycles. The lowest BCUT2D eigenvalue weighted by atomic mass is 9.87. The smallest absolute Gasteiger partial charge is 0.339 e. The number of hydrogen-bond donors (Lipinski definition) is 0. The SMILES string of the molecule is COC(=O)c1cccc(N=CC(C(=O)C(C)C)C(=O)C(C)C)c1Cl. The first-order valence-corrected chi connectivity index (χ1v) is 8.06. The summed E-state index contributed by atoms with van der Waals surface area (Å²) >= 11 is 6.17. The molecule has 0 saturated heterocycles. The minimum absolute atomic E-state index is 0.119. The van der Waals surface area contributed by atoms with Crippen molar-refractivity contribution in [2.45, 2.75) is 27.7 Å². The highest BCUT2D eigenvalue weighted by molar-refractivity contribution is 6.36. The van der Waals surface area contributed by atoms with E-state index in [4.69, 9.17) is 11.6 Å². The van der Waals surface area contributed by atoms with Gasteiger partial charge >= 0.3 is 5.97 Å². The Hall–Kier alpha value is -2.01. The van der Waals surface area contributed by atoms with Crippen molar-refractivity contribution in [1.82, 2.24) is 0 Å². The fourth-order valence-corrected chi connectivity index (χ4v) is 2.30. The standard InChI is InChI=1S/C18H22ClNO4/c1-10(2)16(21)13(17(22)11(3)4)9-20-14-8-6-7-12(15(14)19)18(23)24-5/h6-11,13H,1-5H3. The fraction of sp³-hybridized carbons (Fsp3) is 0.444. The number of halogens is 1. The number of rotatable bonds is 7. The Labute approximate surface area is 147 Å². The van der Waals surface area contributed by atoms with Crippen molar-refractivity contribution in [2.24, 2.45) is 22.7 Å². The van der Waals surface area contributed by atoms with E-state index >= 15 is 0 Å². The third-order valence-electron chi connectivity index (χ3n) is 3.50. The Kier molecular flexibility index (Phi) is 7.29. The molecule has 0 N–H and O–H groups in total. The van der Waals surface area contributed by atoms with Gasteiger partial charge in [0.2, 0.25) is 0 Å². The Morgan fingerprint density at radius 3 is 2.08 bits per heavy atom. The van der Waals surface area contributed by atoms with Crippen LogP contribution in [0.25, 0.3) is 0 Å². The fourth-order valence-electron chi connectivity index (χ4n) is 2.05. The molecular formula is C18H22ClNO4. The van der Waals surface area contributed by atoms with Crippen LogP contribution in [0.3, 0.4) is 0 Å². The topological polar surface area (TPSA) is 72.8 Å².